The van der Waals surface area contributed by atoms with Gasteiger partial charge in [-0.2, -0.15) is 0 Å². The van der Waals surface area contributed by atoms with Crippen molar-refractivity contribution in [1.29, 1.82) is 0 Å². The number of ether oxygens (including phenoxy) is 3. The molecule has 12 heteroatoms. The largest absolute Gasteiger partial charge is 0.496 e. The van der Waals surface area contributed by atoms with Gasteiger partial charge in [0, 0.05) is 30.6 Å². The summed E-state index contributed by atoms with van der Waals surface area (Å²) in [5.41, 5.74) is 0.655. The lowest BCUT2D eigenvalue weighted by molar-refractivity contribution is 0.0944. The fraction of sp³-hybridized carbons (Fsp3) is 0.364. The molecule has 1 aliphatic heterocycles. The van der Waals surface area contributed by atoms with E-state index in [0.717, 1.165) is 6.07 Å². The summed E-state index contributed by atoms with van der Waals surface area (Å²) in [5, 5.41) is 5.48. The van der Waals surface area contributed by atoms with Crippen LogP contribution in [0.5, 0.6) is 17.2 Å². The van der Waals surface area contributed by atoms with Crippen molar-refractivity contribution in [2.75, 3.05) is 33.9 Å². The number of rotatable bonds is 8. The molecule has 0 radical (unpaired) electrons. The molecule has 1 amide bonds. The van der Waals surface area contributed by atoms with E-state index >= 15 is 0 Å². The van der Waals surface area contributed by atoms with Crippen LogP contribution < -0.4 is 29.6 Å². The Morgan fingerprint density at radius 3 is 2.59 bits per heavy atom. The molecule has 0 fully saturated rings. The maximum atomic E-state index is 13.7. The van der Waals surface area contributed by atoms with Crippen molar-refractivity contribution in [3.8, 4) is 17.2 Å². The number of hydrogen-bond acceptors (Lipinski definition) is 7. The van der Waals surface area contributed by atoms with Crippen LogP contribution in [-0.2, 0) is 10.0 Å². The second kappa shape index (κ2) is 10.9. The van der Waals surface area contributed by atoms with Gasteiger partial charge in [0.15, 0.2) is 5.11 Å². The number of carbonyl (C=O) groups is 1. The van der Waals surface area contributed by atoms with Gasteiger partial charge in [0.05, 0.1) is 26.4 Å². The normalized spacial score (nSPS) is 14.9. The molecule has 3 rings (SSSR count). The fourth-order valence-corrected chi connectivity index (χ4v) is 5.18. The minimum absolute atomic E-state index is 0.0358. The Bertz CT molecular complexity index is 1190. The Kier molecular flexibility index (Phi) is 8.15. The molecule has 0 saturated heterocycles. The Morgan fingerprint density at radius 2 is 1.91 bits per heavy atom. The first-order chi connectivity index (χ1) is 16.2. The van der Waals surface area contributed by atoms with Crippen molar-refractivity contribution >= 4 is 33.3 Å². The summed E-state index contributed by atoms with van der Waals surface area (Å²) in [6.07, 6.45) is 0.530. The lowest BCUT2D eigenvalue weighted by atomic mass is 9.92. The molecular weight excluding hydrogens is 485 g/mol. The fourth-order valence-electron chi connectivity index (χ4n) is 3.59. The minimum atomic E-state index is -4.05. The SMILES string of the molecule is CCNC(=S)NS(=O)(=O)c1cc2c(cc1OC)OCCC2CNC(=O)c1cc(F)ccc1OC. The number of hydrogen-bond donors (Lipinski definition) is 3. The van der Waals surface area contributed by atoms with E-state index in [1.54, 1.807) is 6.92 Å². The molecule has 0 aromatic heterocycles. The number of halogens is 1. The molecule has 1 atom stereocenters. The summed E-state index contributed by atoms with van der Waals surface area (Å²) in [4.78, 5) is 12.6. The van der Waals surface area contributed by atoms with Gasteiger partial charge in [-0.1, -0.05) is 0 Å². The minimum Gasteiger partial charge on any atom is -0.496 e. The van der Waals surface area contributed by atoms with Gasteiger partial charge in [0.25, 0.3) is 15.9 Å². The zero-order chi connectivity index (χ0) is 24.9. The highest BCUT2D eigenvalue weighted by molar-refractivity contribution is 7.92. The van der Waals surface area contributed by atoms with E-state index in [4.69, 9.17) is 26.4 Å². The number of methoxy groups -OCH3 is 2. The highest BCUT2D eigenvalue weighted by atomic mass is 32.2. The van der Waals surface area contributed by atoms with Crippen molar-refractivity contribution in [3.63, 3.8) is 0 Å². The number of nitrogens with one attached hydrogen (secondary N) is 3. The quantitative estimate of drug-likeness (QED) is 0.463. The number of benzene rings is 2. The van der Waals surface area contributed by atoms with Crippen LogP contribution in [-0.4, -0.2) is 53.4 Å². The molecule has 1 unspecified atom stereocenters. The molecular formula is C22H26FN3O6S2. The van der Waals surface area contributed by atoms with E-state index in [0.29, 0.717) is 30.9 Å². The van der Waals surface area contributed by atoms with E-state index in [-0.39, 0.29) is 39.5 Å². The summed E-state index contributed by atoms with van der Waals surface area (Å²) in [6.45, 7) is 2.78. The van der Waals surface area contributed by atoms with E-state index in [9.17, 15) is 17.6 Å². The molecule has 34 heavy (non-hydrogen) atoms. The van der Waals surface area contributed by atoms with Crippen molar-refractivity contribution in [2.45, 2.75) is 24.2 Å². The number of carbonyl (C=O) groups excluding carboxylic acids is 1. The third kappa shape index (κ3) is 5.68. The Hall–Kier alpha value is -3.12. The molecule has 0 bridgehead atoms. The lowest BCUT2D eigenvalue weighted by Gasteiger charge is -2.27. The van der Waals surface area contributed by atoms with Gasteiger partial charge in [-0.3, -0.25) is 9.52 Å². The molecule has 0 spiro atoms. The van der Waals surface area contributed by atoms with Gasteiger partial charge in [0.2, 0.25) is 0 Å². The number of fused-ring (bicyclic) bond motifs is 1. The van der Waals surface area contributed by atoms with Crippen molar-refractivity contribution < 1.29 is 31.8 Å². The summed E-state index contributed by atoms with van der Waals surface area (Å²) in [7, 11) is -1.30. The monoisotopic (exact) mass is 511 g/mol. The summed E-state index contributed by atoms with van der Waals surface area (Å²) in [5.74, 6) is -0.533. The van der Waals surface area contributed by atoms with Crippen molar-refractivity contribution in [3.05, 3.63) is 47.3 Å². The Morgan fingerprint density at radius 1 is 1.18 bits per heavy atom. The molecule has 2 aromatic rings. The summed E-state index contributed by atoms with van der Waals surface area (Å²) >= 11 is 5.02. The average Bonchev–Trinajstić information content (AvgIpc) is 2.81. The predicted octanol–water partition coefficient (Wildman–Crippen LogP) is 2.31. The number of sulfonamides is 1. The van der Waals surface area contributed by atoms with Crippen LogP contribution in [0.25, 0.3) is 0 Å². The van der Waals surface area contributed by atoms with E-state index in [1.165, 1.54) is 38.5 Å². The van der Waals surface area contributed by atoms with E-state index in [1.807, 2.05) is 0 Å². The van der Waals surface area contributed by atoms with Gasteiger partial charge >= 0.3 is 0 Å². The lowest BCUT2D eigenvalue weighted by Crippen LogP contribution is -2.39. The van der Waals surface area contributed by atoms with Gasteiger partial charge in [-0.15, -0.1) is 0 Å². The van der Waals surface area contributed by atoms with Crippen LogP contribution in [0.2, 0.25) is 0 Å². The molecule has 0 saturated carbocycles. The van der Waals surface area contributed by atoms with Crippen LogP contribution >= 0.6 is 12.2 Å². The first kappa shape index (κ1) is 25.5. The Balaban J connectivity index is 1.88. The second-order valence-electron chi connectivity index (χ2n) is 7.39. The first-order valence-electron chi connectivity index (χ1n) is 10.5. The van der Waals surface area contributed by atoms with Gasteiger partial charge in [0.1, 0.15) is 28.0 Å². The molecule has 0 aliphatic carbocycles. The second-order valence-corrected chi connectivity index (χ2v) is 9.45. The molecule has 2 aromatic carbocycles. The third-order valence-corrected chi connectivity index (χ3v) is 6.98. The Labute approximate surface area is 203 Å². The molecule has 1 aliphatic rings. The molecule has 9 nitrogen and oxygen atoms in total. The summed E-state index contributed by atoms with van der Waals surface area (Å²) < 4.78 is 58.0. The zero-order valence-electron chi connectivity index (χ0n) is 18.9. The van der Waals surface area contributed by atoms with E-state index in [2.05, 4.69) is 15.4 Å². The van der Waals surface area contributed by atoms with E-state index < -0.39 is 21.7 Å². The van der Waals surface area contributed by atoms with Crippen LogP contribution in [0.3, 0.4) is 0 Å². The molecule has 184 valence electrons. The average molecular weight is 512 g/mol. The maximum absolute atomic E-state index is 13.7. The maximum Gasteiger partial charge on any atom is 0.267 e. The van der Waals surface area contributed by atoms with Crippen LogP contribution in [0, 0.1) is 5.82 Å². The standard InChI is InChI=1S/C22H26FN3O6S2/c1-4-24-22(33)26-34(28,29)20-10-15-13(7-8-32-18(15)11-19(20)31-3)12-25-21(27)16-9-14(23)5-6-17(16)30-2/h5-6,9-11,13H,4,7-8,12H2,1-3H3,(H,25,27)(H2,24,26,33). The summed E-state index contributed by atoms with van der Waals surface area (Å²) in [6, 6.07) is 6.64. The van der Waals surface area contributed by atoms with Crippen molar-refractivity contribution in [1.82, 2.24) is 15.4 Å². The zero-order valence-corrected chi connectivity index (χ0v) is 20.6. The third-order valence-electron chi connectivity index (χ3n) is 5.23. The van der Waals surface area contributed by atoms with Gasteiger partial charge in [-0.05, 0) is 49.8 Å². The number of thiocarbonyl (C=S) groups is 1. The van der Waals surface area contributed by atoms with Crippen LogP contribution in [0.15, 0.2) is 35.2 Å². The highest BCUT2D eigenvalue weighted by Gasteiger charge is 2.29. The predicted molar refractivity (Wildman–Crippen MR) is 128 cm³/mol. The molecule has 1 heterocycles. The topological polar surface area (TPSA) is 115 Å². The highest BCUT2D eigenvalue weighted by Crippen LogP contribution is 2.39. The molecule has 3 N–H and O–H groups in total. The van der Waals surface area contributed by atoms with Crippen LogP contribution in [0.1, 0.15) is 35.2 Å². The smallest absolute Gasteiger partial charge is 0.267 e. The number of amides is 1. The van der Waals surface area contributed by atoms with Crippen LogP contribution in [0.4, 0.5) is 4.39 Å². The van der Waals surface area contributed by atoms with Gasteiger partial charge in [-0.25, -0.2) is 12.8 Å². The van der Waals surface area contributed by atoms with Crippen molar-refractivity contribution in [2.24, 2.45) is 0 Å². The van der Waals surface area contributed by atoms with Gasteiger partial charge < -0.3 is 24.8 Å². The first-order valence-corrected chi connectivity index (χ1v) is 12.4.